The predicted molar refractivity (Wildman–Crippen MR) is 144 cm³/mol. The van der Waals surface area contributed by atoms with Gasteiger partial charge in [-0.3, -0.25) is 4.79 Å². The van der Waals surface area contributed by atoms with Crippen LogP contribution in [0, 0.1) is 10.9 Å². The molecule has 0 spiro atoms. The van der Waals surface area contributed by atoms with Gasteiger partial charge in [-0.25, -0.2) is 9.97 Å². The SMILES string of the molecule is O=Nc1ccc(/C=C/c2nc(F)c(NC(=O)c3csc(-c4ccccc4O)n3)c(Nc3ccc(O)cc3)n2)o1. The Kier molecular flexibility index (Phi) is 7.05. The largest absolute Gasteiger partial charge is 0.508 e. The van der Waals surface area contributed by atoms with Crippen LogP contribution in [0.25, 0.3) is 22.7 Å². The molecule has 39 heavy (non-hydrogen) atoms. The van der Waals surface area contributed by atoms with E-state index in [1.54, 1.807) is 18.2 Å². The van der Waals surface area contributed by atoms with Gasteiger partial charge in [-0.15, -0.1) is 16.2 Å². The van der Waals surface area contributed by atoms with Gasteiger partial charge < -0.3 is 25.3 Å². The van der Waals surface area contributed by atoms with E-state index in [-0.39, 0.29) is 46.2 Å². The van der Waals surface area contributed by atoms with Gasteiger partial charge in [-0.2, -0.15) is 9.37 Å². The molecular formula is C26H17FN6O5S. The van der Waals surface area contributed by atoms with Crippen molar-refractivity contribution < 1.29 is 23.8 Å². The van der Waals surface area contributed by atoms with Crippen LogP contribution in [0.2, 0.25) is 0 Å². The Balaban J connectivity index is 1.45. The maximum atomic E-state index is 15.3. The molecule has 0 saturated carbocycles. The van der Waals surface area contributed by atoms with Crippen molar-refractivity contribution in [2.45, 2.75) is 0 Å². The quantitative estimate of drug-likeness (QED) is 0.0996. The smallest absolute Gasteiger partial charge is 0.275 e. The lowest BCUT2D eigenvalue weighted by Gasteiger charge is -2.13. The summed E-state index contributed by atoms with van der Waals surface area (Å²) in [6, 6.07) is 15.3. The van der Waals surface area contributed by atoms with Crippen LogP contribution in [0.15, 0.2) is 75.6 Å². The number of phenolic OH excluding ortho intramolecular Hbond substituents is 2. The summed E-state index contributed by atoms with van der Waals surface area (Å²) in [5, 5.41) is 29.6. The van der Waals surface area contributed by atoms with Gasteiger partial charge in [-0.1, -0.05) is 12.1 Å². The molecule has 0 fully saturated rings. The van der Waals surface area contributed by atoms with E-state index < -0.39 is 11.9 Å². The lowest BCUT2D eigenvalue weighted by atomic mass is 10.2. The molecule has 0 aliphatic carbocycles. The normalized spacial score (nSPS) is 11.0. The maximum absolute atomic E-state index is 15.3. The van der Waals surface area contributed by atoms with Crippen LogP contribution < -0.4 is 10.6 Å². The lowest BCUT2D eigenvalue weighted by Crippen LogP contribution is -2.16. The summed E-state index contributed by atoms with van der Waals surface area (Å²) >= 11 is 1.14. The Labute approximate surface area is 223 Å². The number of halogens is 1. The van der Waals surface area contributed by atoms with Gasteiger partial charge in [0.2, 0.25) is 5.95 Å². The minimum Gasteiger partial charge on any atom is -0.508 e. The highest BCUT2D eigenvalue weighted by Gasteiger charge is 2.20. The Morgan fingerprint density at radius 1 is 1.00 bits per heavy atom. The topological polar surface area (TPSA) is 163 Å². The van der Waals surface area contributed by atoms with Gasteiger partial charge >= 0.3 is 0 Å². The molecule has 5 aromatic rings. The minimum atomic E-state index is -1.04. The molecule has 0 unspecified atom stereocenters. The predicted octanol–water partition coefficient (Wildman–Crippen LogP) is 6.31. The van der Waals surface area contributed by atoms with Crippen molar-refractivity contribution in [2.75, 3.05) is 10.6 Å². The van der Waals surface area contributed by atoms with Crippen molar-refractivity contribution in [3.63, 3.8) is 0 Å². The third-order valence-corrected chi connectivity index (χ3v) is 6.10. The van der Waals surface area contributed by atoms with E-state index >= 15 is 4.39 Å². The summed E-state index contributed by atoms with van der Waals surface area (Å²) in [6.07, 6.45) is 2.77. The van der Waals surface area contributed by atoms with Gasteiger partial charge in [0, 0.05) is 22.3 Å². The van der Waals surface area contributed by atoms with E-state index in [4.69, 9.17) is 4.42 Å². The summed E-state index contributed by atoms with van der Waals surface area (Å²) in [5.74, 6) is -1.73. The zero-order chi connectivity index (χ0) is 27.4. The molecule has 0 aliphatic rings. The van der Waals surface area contributed by atoms with E-state index in [0.717, 1.165) is 11.3 Å². The number of nitrogens with one attached hydrogen (secondary N) is 2. The van der Waals surface area contributed by atoms with Crippen LogP contribution in [0.1, 0.15) is 22.1 Å². The molecule has 13 heteroatoms. The number of nitroso groups, excluding NO2 is 1. The third-order valence-electron chi connectivity index (χ3n) is 5.22. The number of nitrogens with zero attached hydrogens (tertiary/aromatic N) is 4. The van der Waals surface area contributed by atoms with E-state index in [2.05, 4.69) is 30.8 Å². The first-order valence-corrected chi connectivity index (χ1v) is 12.1. The molecule has 3 heterocycles. The molecular weight excluding hydrogens is 527 g/mol. The molecule has 11 nitrogen and oxygen atoms in total. The Hall–Kier alpha value is -5.43. The standard InChI is InChI=1S/C26H17FN6O5S/c27-23-22(32-25(36)18-13-39-26(29-18)17-3-1-2-4-19(17)35)24(28-14-5-7-15(34)8-6-14)31-20(30-23)11-9-16-10-12-21(33-37)38-16/h1-13,34-35H,(H,32,36)(H,28,30,31)/b11-9+. The number of phenols is 2. The number of furan rings is 1. The number of amides is 1. The third kappa shape index (κ3) is 5.78. The molecule has 3 aromatic heterocycles. The summed E-state index contributed by atoms with van der Waals surface area (Å²) in [5.41, 5.74) is 0.552. The first-order valence-electron chi connectivity index (χ1n) is 11.2. The number of anilines is 3. The number of aromatic hydroxyl groups is 2. The number of hydrogen-bond acceptors (Lipinski definition) is 11. The molecule has 0 atom stereocenters. The Bertz CT molecular complexity index is 1700. The second kappa shape index (κ2) is 10.9. The number of para-hydroxylation sites is 1. The van der Waals surface area contributed by atoms with Crippen LogP contribution in [0.4, 0.5) is 27.5 Å². The fourth-order valence-electron chi connectivity index (χ4n) is 3.38. The molecule has 194 valence electrons. The highest BCUT2D eigenvalue weighted by molar-refractivity contribution is 7.13. The van der Waals surface area contributed by atoms with Crippen molar-refractivity contribution in [1.82, 2.24) is 15.0 Å². The van der Waals surface area contributed by atoms with Crippen LogP contribution in [-0.2, 0) is 0 Å². The van der Waals surface area contributed by atoms with Crippen LogP contribution in [0.5, 0.6) is 11.5 Å². The van der Waals surface area contributed by atoms with Gasteiger partial charge in [0.15, 0.2) is 11.6 Å². The molecule has 0 bridgehead atoms. The molecule has 1 amide bonds. The fraction of sp³-hybridized carbons (Fsp3) is 0. The van der Waals surface area contributed by atoms with Crippen molar-refractivity contribution >= 4 is 52.5 Å². The van der Waals surface area contributed by atoms with Crippen LogP contribution in [0.3, 0.4) is 0 Å². The molecule has 0 saturated heterocycles. The maximum Gasteiger partial charge on any atom is 0.275 e. The summed E-state index contributed by atoms with van der Waals surface area (Å²) in [6.45, 7) is 0. The van der Waals surface area contributed by atoms with Crippen molar-refractivity contribution in [3.8, 4) is 22.1 Å². The Morgan fingerprint density at radius 2 is 1.79 bits per heavy atom. The minimum absolute atomic E-state index is 0.00498. The number of rotatable bonds is 8. The van der Waals surface area contributed by atoms with E-state index in [9.17, 15) is 19.9 Å². The van der Waals surface area contributed by atoms with Gasteiger partial charge in [0.25, 0.3) is 11.8 Å². The van der Waals surface area contributed by atoms with Crippen molar-refractivity contribution in [1.29, 1.82) is 0 Å². The van der Waals surface area contributed by atoms with Crippen LogP contribution in [-0.4, -0.2) is 31.1 Å². The molecule has 5 rings (SSSR count). The molecule has 4 N–H and O–H groups in total. The fourth-order valence-corrected chi connectivity index (χ4v) is 4.21. The first-order chi connectivity index (χ1) is 18.9. The average Bonchev–Trinajstić information content (AvgIpc) is 3.61. The van der Waals surface area contributed by atoms with E-state index in [1.165, 1.54) is 60.0 Å². The first kappa shape index (κ1) is 25.2. The average molecular weight is 545 g/mol. The second-order valence-corrected chi connectivity index (χ2v) is 8.74. The van der Waals surface area contributed by atoms with E-state index in [0.29, 0.717) is 16.3 Å². The highest BCUT2D eigenvalue weighted by atomic mass is 32.1. The number of hydrogen-bond donors (Lipinski definition) is 4. The van der Waals surface area contributed by atoms with Crippen molar-refractivity contribution in [3.05, 3.63) is 94.2 Å². The monoisotopic (exact) mass is 544 g/mol. The second-order valence-electron chi connectivity index (χ2n) is 7.88. The van der Waals surface area contributed by atoms with E-state index in [1.807, 2.05) is 0 Å². The van der Waals surface area contributed by atoms with Gasteiger partial charge in [0.05, 0.1) is 5.56 Å². The number of thiazole rings is 1. The lowest BCUT2D eigenvalue weighted by molar-refractivity contribution is 0.102. The van der Waals surface area contributed by atoms with Gasteiger partial charge in [0.1, 0.15) is 33.6 Å². The van der Waals surface area contributed by atoms with Crippen molar-refractivity contribution in [2.24, 2.45) is 5.18 Å². The summed E-state index contributed by atoms with van der Waals surface area (Å²) in [4.78, 5) is 35.9. The summed E-state index contributed by atoms with van der Waals surface area (Å²) < 4.78 is 20.4. The molecule has 0 aliphatic heterocycles. The number of carbonyl (C=O) groups is 1. The van der Waals surface area contributed by atoms with Gasteiger partial charge in [-0.05, 0) is 54.6 Å². The zero-order valence-corrected chi connectivity index (χ0v) is 20.5. The number of aromatic nitrogens is 3. The molecule has 2 aromatic carbocycles. The Morgan fingerprint density at radius 3 is 2.54 bits per heavy atom. The molecule has 0 radical (unpaired) electrons. The zero-order valence-electron chi connectivity index (χ0n) is 19.7. The number of carbonyl (C=O) groups excluding carboxylic acids is 1. The number of benzene rings is 2. The van der Waals surface area contributed by atoms with Crippen LogP contribution >= 0.6 is 11.3 Å². The highest BCUT2D eigenvalue weighted by Crippen LogP contribution is 2.32. The summed E-state index contributed by atoms with van der Waals surface area (Å²) in [7, 11) is 0.